The zero-order valence-electron chi connectivity index (χ0n) is 16.5. The van der Waals surface area contributed by atoms with E-state index in [1.807, 2.05) is 36.4 Å². The Morgan fingerprint density at radius 1 is 0.655 bits per heavy atom. The molecule has 1 atom stereocenters. The molecule has 0 aromatic heterocycles. The van der Waals surface area contributed by atoms with Crippen LogP contribution in [0.2, 0.25) is 0 Å². The van der Waals surface area contributed by atoms with Crippen molar-refractivity contribution in [1.29, 1.82) is 0 Å². The van der Waals surface area contributed by atoms with Crippen LogP contribution in [-0.2, 0) is 12.8 Å². The summed E-state index contributed by atoms with van der Waals surface area (Å²) in [6.45, 7) is 0. The number of hydrogen-bond donors (Lipinski definition) is 2. The summed E-state index contributed by atoms with van der Waals surface area (Å²) in [7, 11) is 0. The molecule has 0 saturated heterocycles. The van der Waals surface area contributed by atoms with Crippen molar-refractivity contribution >= 4 is 5.69 Å². The SMILES string of the molecule is Nc1cccc(Cc2ccccc2)c1-c1cccc(CC(N)c2ccccc2)c1. The Balaban J connectivity index is 1.64. The van der Waals surface area contributed by atoms with Gasteiger partial charge in [-0.3, -0.25) is 0 Å². The molecule has 0 amide bonds. The number of hydrogen-bond acceptors (Lipinski definition) is 2. The number of anilines is 1. The van der Waals surface area contributed by atoms with Crippen molar-refractivity contribution in [2.45, 2.75) is 18.9 Å². The molecule has 0 spiro atoms. The molecule has 4 aromatic carbocycles. The minimum absolute atomic E-state index is 0.0247. The summed E-state index contributed by atoms with van der Waals surface area (Å²) in [6, 6.07) is 35.5. The molecular weight excluding hydrogens is 352 g/mol. The molecule has 29 heavy (non-hydrogen) atoms. The Kier molecular flexibility index (Phi) is 5.73. The Hall–Kier alpha value is -3.36. The number of nitrogen functional groups attached to an aromatic ring is 1. The summed E-state index contributed by atoms with van der Waals surface area (Å²) in [4.78, 5) is 0. The average molecular weight is 379 g/mol. The van der Waals surface area contributed by atoms with Gasteiger partial charge in [0.25, 0.3) is 0 Å². The molecule has 0 radical (unpaired) electrons. The quantitative estimate of drug-likeness (QED) is 0.419. The minimum Gasteiger partial charge on any atom is -0.398 e. The maximum absolute atomic E-state index is 6.45. The van der Waals surface area contributed by atoms with E-state index in [4.69, 9.17) is 11.5 Å². The number of nitrogens with two attached hydrogens (primary N) is 2. The van der Waals surface area contributed by atoms with E-state index in [2.05, 4.69) is 66.7 Å². The predicted octanol–water partition coefficient (Wildman–Crippen LogP) is 5.77. The molecule has 0 saturated carbocycles. The monoisotopic (exact) mass is 378 g/mol. The standard InChI is InChI=1S/C27H26N2/c28-25-16-8-15-23(17-20-9-3-1-4-10-20)27(25)24-14-7-11-21(18-24)19-26(29)22-12-5-2-6-13-22/h1-16,18,26H,17,19,28-29H2. The summed E-state index contributed by atoms with van der Waals surface area (Å²) in [5.41, 5.74) is 20.8. The second-order valence-corrected chi connectivity index (χ2v) is 7.47. The lowest BCUT2D eigenvalue weighted by Crippen LogP contribution is -2.13. The first kappa shape index (κ1) is 19.0. The Morgan fingerprint density at radius 3 is 2.07 bits per heavy atom. The van der Waals surface area contributed by atoms with Gasteiger partial charge in [-0.15, -0.1) is 0 Å². The molecule has 4 N–H and O–H groups in total. The number of benzene rings is 4. The molecule has 2 heteroatoms. The fourth-order valence-corrected chi connectivity index (χ4v) is 3.86. The van der Waals surface area contributed by atoms with Gasteiger partial charge in [-0.2, -0.15) is 0 Å². The van der Waals surface area contributed by atoms with E-state index in [1.54, 1.807) is 0 Å². The third kappa shape index (κ3) is 4.56. The van der Waals surface area contributed by atoms with Crippen LogP contribution in [0.25, 0.3) is 11.1 Å². The molecule has 4 aromatic rings. The van der Waals surface area contributed by atoms with Crippen LogP contribution in [0.1, 0.15) is 28.3 Å². The summed E-state index contributed by atoms with van der Waals surface area (Å²) in [5, 5.41) is 0. The van der Waals surface area contributed by atoms with E-state index in [1.165, 1.54) is 16.7 Å². The highest BCUT2D eigenvalue weighted by atomic mass is 14.6. The third-order valence-corrected chi connectivity index (χ3v) is 5.32. The largest absolute Gasteiger partial charge is 0.398 e. The molecule has 2 nitrogen and oxygen atoms in total. The summed E-state index contributed by atoms with van der Waals surface area (Å²) >= 11 is 0. The van der Waals surface area contributed by atoms with Crippen molar-refractivity contribution in [2.75, 3.05) is 5.73 Å². The van der Waals surface area contributed by atoms with Crippen LogP contribution in [0.3, 0.4) is 0 Å². The fourth-order valence-electron chi connectivity index (χ4n) is 3.86. The minimum atomic E-state index is -0.0247. The van der Waals surface area contributed by atoms with E-state index in [9.17, 15) is 0 Å². The van der Waals surface area contributed by atoms with Gasteiger partial charge < -0.3 is 11.5 Å². The Labute approximate surface area is 172 Å². The molecule has 0 aliphatic carbocycles. The van der Waals surface area contributed by atoms with Gasteiger partial charge in [0.2, 0.25) is 0 Å². The van der Waals surface area contributed by atoms with Crippen molar-refractivity contribution in [3.63, 3.8) is 0 Å². The highest BCUT2D eigenvalue weighted by Gasteiger charge is 2.12. The van der Waals surface area contributed by atoms with Crippen LogP contribution in [-0.4, -0.2) is 0 Å². The predicted molar refractivity (Wildman–Crippen MR) is 123 cm³/mol. The van der Waals surface area contributed by atoms with Gasteiger partial charge in [-0.25, -0.2) is 0 Å². The van der Waals surface area contributed by atoms with Crippen LogP contribution >= 0.6 is 0 Å². The van der Waals surface area contributed by atoms with Gasteiger partial charge in [0.05, 0.1) is 0 Å². The first-order valence-corrected chi connectivity index (χ1v) is 10.0. The lowest BCUT2D eigenvalue weighted by molar-refractivity contribution is 0.722. The summed E-state index contributed by atoms with van der Waals surface area (Å²) in [5.74, 6) is 0. The van der Waals surface area contributed by atoms with Crippen molar-refractivity contribution in [3.05, 3.63) is 125 Å². The highest BCUT2D eigenvalue weighted by Crippen LogP contribution is 2.32. The number of rotatable bonds is 6. The van der Waals surface area contributed by atoms with E-state index in [0.717, 1.165) is 35.2 Å². The van der Waals surface area contributed by atoms with Crippen LogP contribution in [0.4, 0.5) is 5.69 Å². The summed E-state index contributed by atoms with van der Waals surface area (Å²) in [6.07, 6.45) is 1.65. The first-order chi connectivity index (χ1) is 14.2. The molecule has 1 unspecified atom stereocenters. The van der Waals surface area contributed by atoms with E-state index >= 15 is 0 Å². The third-order valence-electron chi connectivity index (χ3n) is 5.32. The maximum Gasteiger partial charge on any atom is 0.0396 e. The average Bonchev–Trinajstić information content (AvgIpc) is 2.75. The molecule has 0 heterocycles. The van der Waals surface area contributed by atoms with Crippen molar-refractivity contribution < 1.29 is 0 Å². The van der Waals surface area contributed by atoms with Gasteiger partial charge in [0, 0.05) is 17.3 Å². The van der Waals surface area contributed by atoms with Gasteiger partial charge in [0.15, 0.2) is 0 Å². The molecule has 4 rings (SSSR count). The fraction of sp³-hybridized carbons (Fsp3) is 0.111. The first-order valence-electron chi connectivity index (χ1n) is 10.0. The summed E-state index contributed by atoms with van der Waals surface area (Å²) < 4.78 is 0. The van der Waals surface area contributed by atoms with E-state index in [0.29, 0.717) is 0 Å². The van der Waals surface area contributed by atoms with Crippen molar-refractivity contribution in [1.82, 2.24) is 0 Å². The molecule has 0 bridgehead atoms. The lowest BCUT2D eigenvalue weighted by Gasteiger charge is -2.16. The van der Waals surface area contributed by atoms with E-state index < -0.39 is 0 Å². The topological polar surface area (TPSA) is 52.0 Å². The van der Waals surface area contributed by atoms with Crippen LogP contribution in [0.15, 0.2) is 103 Å². The maximum atomic E-state index is 6.45. The second-order valence-electron chi connectivity index (χ2n) is 7.47. The van der Waals surface area contributed by atoms with Crippen LogP contribution in [0.5, 0.6) is 0 Å². The molecular formula is C27H26N2. The van der Waals surface area contributed by atoms with E-state index in [-0.39, 0.29) is 6.04 Å². The zero-order valence-corrected chi connectivity index (χ0v) is 16.5. The zero-order chi connectivity index (χ0) is 20.1. The van der Waals surface area contributed by atoms with Gasteiger partial charge in [0.1, 0.15) is 0 Å². The highest BCUT2D eigenvalue weighted by molar-refractivity contribution is 5.80. The Bertz CT molecular complexity index is 1070. The second kappa shape index (κ2) is 8.76. The van der Waals surface area contributed by atoms with Gasteiger partial charge in [-0.05, 0) is 46.7 Å². The smallest absolute Gasteiger partial charge is 0.0396 e. The van der Waals surface area contributed by atoms with Crippen LogP contribution in [0, 0.1) is 0 Å². The molecule has 0 aliphatic rings. The lowest BCUT2D eigenvalue weighted by atomic mass is 9.91. The van der Waals surface area contributed by atoms with Crippen LogP contribution < -0.4 is 11.5 Å². The van der Waals surface area contributed by atoms with Crippen molar-refractivity contribution in [3.8, 4) is 11.1 Å². The van der Waals surface area contributed by atoms with Gasteiger partial charge in [-0.1, -0.05) is 97.1 Å². The van der Waals surface area contributed by atoms with Gasteiger partial charge >= 0.3 is 0 Å². The molecule has 0 aliphatic heterocycles. The molecule has 144 valence electrons. The Morgan fingerprint density at radius 2 is 1.31 bits per heavy atom. The normalized spacial score (nSPS) is 11.9. The van der Waals surface area contributed by atoms with Crippen molar-refractivity contribution in [2.24, 2.45) is 5.73 Å². The molecule has 0 fully saturated rings.